The van der Waals surface area contributed by atoms with Crippen LogP contribution in [0.3, 0.4) is 0 Å². The molecule has 200 valence electrons. The van der Waals surface area contributed by atoms with Crippen molar-refractivity contribution >= 4 is 17.4 Å². The van der Waals surface area contributed by atoms with Gasteiger partial charge in [0.2, 0.25) is 0 Å². The number of ketones is 1. The average molecular weight is 509 g/mol. The van der Waals surface area contributed by atoms with Crippen LogP contribution in [0.5, 0.6) is 11.5 Å². The lowest BCUT2D eigenvalue weighted by Crippen LogP contribution is -2.32. The Balaban J connectivity index is 2.06. The van der Waals surface area contributed by atoms with Gasteiger partial charge in [0.05, 0.1) is 24.8 Å². The number of hydrogen-bond donors (Lipinski definition) is 1. The highest BCUT2D eigenvalue weighted by atomic mass is 16.5. The summed E-state index contributed by atoms with van der Waals surface area (Å²) in [5, 5.41) is 11.4. The van der Waals surface area contributed by atoms with E-state index in [1.165, 1.54) is 0 Å². The molecule has 0 radical (unpaired) electrons. The number of likely N-dealkylation sites (tertiary alicyclic amines) is 1. The van der Waals surface area contributed by atoms with Gasteiger partial charge in [-0.15, -0.1) is 0 Å². The highest BCUT2D eigenvalue weighted by molar-refractivity contribution is 6.46. The van der Waals surface area contributed by atoms with Gasteiger partial charge >= 0.3 is 0 Å². The van der Waals surface area contributed by atoms with Gasteiger partial charge in [0.15, 0.2) is 0 Å². The summed E-state index contributed by atoms with van der Waals surface area (Å²) in [6.45, 7) is 10.4. The zero-order valence-corrected chi connectivity index (χ0v) is 22.9. The van der Waals surface area contributed by atoms with Crippen LogP contribution in [-0.4, -0.2) is 67.0 Å². The lowest BCUT2D eigenvalue weighted by Gasteiger charge is -2.26. The number of amides is 1. The van der Waals surface area contributed by atoms with Crippen molar-refractivity contribution in [2.45, 2.75) is 46.6 Å². The predicted molar refractivity (Wildman–Crippen MR) is 146 cm³/mol. The van der Waals surface area contributed by atoms with E-state index in [9.17, 15) is 14.7 Å². The summed E-state index contributed by atoms with van der Waals surface area (Å²) < 4.78 is 11.7. The molecule has 7 heteroatoms. The highest BCUT2D eigenvalue weighted by Crippen LogP contribution is 2.40. The molecular formula is C30H40N2O5. The van der Waals surface area contributed by atoms with Crippen molar-refractivity contribution in [2.75, 3.05) is 40.4 Å². The van der Waals surface area contributed by atoms with Crippen molar-refractivity contribution in [3.63, 3.8) is 0 Å². The summed E-state index contributed by atoms with van der Waals surface area (Å²) in [5.41, 5.74) is 2.15. The molecule has 1 fully saturated rings. The minimum absolute atomic E-state index is 0.0949. The molecule has 7 nitrogen and oxygen atoms in total. The number of aliphatic hydroxyl groups excluding tert-OH is 1. The van der Waals surface area contributed by atoms with Crippen LogP contribution in [0.15, 0.2) is 48.0 Å². The summed E-state index contributed by atoms with van der Waals surface area (Å²) in [5.74, 6) is 0.292. The molecule has 2 aromatic carbocycles. The Morgan fingerprint density at radius 2 is 1.86 bits per heavy atom. The standard InChI is InChI=1S/C30H40N2O5/c1-7-16-36-25-13-12-23(17-21(25)4)28(33)26-27(22-10-8-11-24(18-22)37-19-20(2)3)32(30(35)29(26)34)15-9-14-31(5)6/h8,10-13,17-18,20,27,33H,7,9,14-16,19H2,1-6H3/b28-26+. The SMILES string of the molecule is CCCOc1ccc(/C(O)=C2\C(=O)C(=O)N(CCCN(C)C)C2c2cccc(OCC(C)C)c2)cc1C. The van der Waals surface area contributed by atoms with E-state index in [1.807, 2.05) is 57.1 Å². The van der Waals surface area contributed by atoms with Gasteiger partial charge in [-0.05, 0) is 87.8 Å². The molecule has 0 aromatic heterocycles. The molecule has 2 aromatic rings. The fraction of sp³-hybridized carbons (Fsp3) is 0.467. The van der Waals surface area contributed by atoms with Crippen LogP contribution in [-0.2, 0) is 9.59 Å². The number of rotatable bonds is 12. The summed E-state index contributed by atoms with van der Waals surface area (Å²) in [6, 6.07) is 12.1. The number of benzene rings is 2. The Kier molecular flexibility index (Phi) is 9.75. The second kappa shape index (κ2) is 12.8. The van der Waals surface area contributed by atoms with Crippen molar-refractivity contribution in [1.82, 2.24) is 9.80 Å². The van der Waals surface area contributed by atoms with E-state index in [-0.39, 0.29) is 11.3 Å². The highest BCUT2D eigenvalue weighted by Gasteiger charge is 2.46. The van der Waals surface area contributed by atoms with Gasteiger partial charge in [-0.2, -0.15) is 0 Å². The number of ether oxygens (including phenoxy) is 2. The summed E-state index contributed by atoms with van der Waals surface area (Å²) in [4.78, 5) is 30.2. The molecule has 0 bridgehead atoms. The third-order valence-electron chi connectivity index (χ3n) is 6.21. The van der Waals surface area contributed by atoms with E-state index >= 15 is 0 Å². The van der Waals surface area contributed by atoms with E-state index in [4.69, 9.17) is 9.47 Å². The number of aryl methyl sites for hydroxylation is 1. The predicted octanol–water partition coefficient (Wildman–Crippen LogP) is 5.19. The van der Waals surface area contributed by atoms with Gasteiger partial charge in [-0.3, -0.25) is 9.59 Å². The first kappa shape index (κ1) is 28.3. The molecule has 0 spiro atoms. The minimum atomic E-state index is -0.707. The molecule has 1 aliphatic heterocycles. The lowest BCUT2D eigenvalue weighted by atomic mass is 9.94. The molecule has 0 aliphatic carbocycles. The molecule has 1 atom stereocenters. The molecule has 0 saturated carbocycles. The molecule has 1 unspecified atom stereocenters. The van der Waals surface area contributed by atoms with Crippen LogP contribution >= 0.6 is 0 Å². The van der Waals surface area contributed by atoms with Crippen LogP contribution in [0.4, 0.5) is 0 Å². The number of Topliss-reactive ketones (excluding diaryl/α,β-unsaturated/α-hetero) is 1. The fourth-order valence-electron chi connectivity index (χ4n) is 4.38. The molecule has 1 saturated heterocycles. The van der Waals surface area contributed by atoms with Crippen molar-refractivity contribution in [1.29, 1.82) is 0 Å². The number of aliphatic hydroxyl groups is 1. The van der Waals surface area contributed by atoms with Crippen LogP contribution in [0.1, 0.15) is 56.3 Å². The zero-order chi connectivity index (χ0) is 27.1. The van der Waals surface area contributed by atoms with Gasteiger partial charge < -0.3 is 24.4 Å². The Morgan fingerprint density at radius 3 is 2.51 bits per heavy atom. The maximum Gasteiger partial charge on any atom is 0.295 e. The maximum absolute atomic E-state index is 13.3. The van der Waals surface area contributed by atoms with Gasteiger partial charge in [0.25, 0.3) is 11.7 Å². The number of nitrogens with zero attached hydrogens (tertiary/aromatic N) is 2. The molecule has 1 amide bonds. The first-order valence-electron chi connectivity index (χ1n) is 13.0. The first-order chi connectivity index (χ1) is 17.6. The summed E-state index contributed by atoms with van der Waals surface area (Å²) in [6.07, 6.45) is 1.58. The third-order valence-corrected chi connectivity index (χ3v) is 6.21. The van der Waals surface area contributed by atoms with E-state index < -0.39 is 17.7 Å². The summed E-state index contributed by atoms with van der Waals surface area (Å²) in [7, 11) is 3.94. The van der Waals surface area contributed by atoms with E-state index in [1.54, 1.807) is 23.1 Å². The number of carbonyl (C=O) groups is 2. The summed E-state index contributed by atoms with van der Waals surface area (Å²) >= 11 is 0. The largest absolute Gasteiger partial charge is 0.507 e. The van der Waals surface area contributed by atoms with Crippen LogP contribution < -0.4 is 9.47 Å². The Morgan fingerprint density at radius 1 is 1.11 bits per heavy atom. The molecule has 1 heterocycles. The Bertz CT molecular complexity index is 1140. The Labute approximate surface area is 220 Å². The van der Waals surface area contributed by atoms with E-state index in [2.05, 4.69) is 13.8 Å². The number of carbonyl (C=O) groups excluding carboxylic acids is 2. The Hall–Kier alpha value is -3.32. The average Bonchev–Trinajstić information content (AvgIpc) is 3.11. The van der Waals surface area contributed by atoms with Crippen molar-refractivity contribution in [3.05, 3.63) is 64.7 Å². The van der Waals surface area contributed by atoms with E-state index in [0.717, 1.165) is 29.8 Å². The lowest BCUT2D eigenvalue weighted by molar-refractivity contribution is -0.139. The minimum Gasteiger partial charge on any atom is -0.507 e. The maximum atomic E-state index is 13.3. The second-order valence-corrected chi connectivity index (χ2v) is 10.3. The quantitative estimate of drug-likeness (QED) is 0.241. The van der Waals surface area contributed by atoms with Crippen molar-refractivity contribution in [3.8, 4) is 11.5 Å². The van der Waals surface area contributed by atoms with Gasteiger partial charge in [0, 0.05) is 12.1 Å². The third kappa shape index (κ3) is 6.92. The topological polar surface area (TPSA) is 79.3 Å². The van der Waals surface area contributed by atoms with Gasteiger partial charge in [-0.25, -0.2) is 0 Å². The van der Waals surface area contributed by atoms with Crippen LogP contribution in [0, 0.1) is 12.8 Å². The fourth-order valence-corrected chi connectivity index (χ4v) is 4.38. The molecular weight excluding hydrogens is 468 g/mol. The first-order valence-corrected chi connectivity index (χ1v) is 13.0. The molecule has 1 aliphatic rings. The number of hydrogen-bond acceptors (Lipinski definition) is 6. The molecule has 1 N–H and O–H groups in total. The second-order valence-electron chi connectivity index (χ2n) is 10.3. The van der Waals surface area contributed by atoms with Crippen LogP contribution in [0.2, 0.25) is 0 Å². The van der Waals surface area contributed by atoms with Crippen LogP contribution in [0.25, 0.3) is 5.76 Å². The van der Waals surface area contributed by atoms with E-state index in [0.29, 0.717) is 43.4 Å². The molecule has 37 heavy (non-hydrogen) atoms. The van der Waals surface area contributed by atoms with Gasteiger partial charge in [0.1, 0.15) is 17.3 Å². The van der Waals surface area contributed by atoms with Crippen molar-refractivity contribution in [2.24, 2.45) is 5.92 Å². The van der Waals surface area contributed by atoms with Gasteiger partial charge in [-0.1, -0.05) is 32.9 Å². The zero-order valence-electron chi connectivity index (χ0n) is 22.9. The molecule has 3 rings (SSSR count). The van der Waals surface area contributed by atoms with Crippen molar-refractivity contribution < 1.29 is 24.2 Å². The smallest absolute Gasteiger partial charge is 0.295 e. The normalized spacial score (nSPS) is 17.2. The monoisotopic (exact) mass is 508 g/mol.